The normalized spacial score (nSPS) is 20.1. The lowest BCUT2D eigenvalue weighted by atomic mass is 9.71. The lowest BCUT2D eigenvalue weighted by Crippen LogP contribution is -2.54. The molecule has 186 valence electrons. The van der Waals surface area contributed by atoms with Crippen LogP contribution in [0.3, 0.4) is 0 Å². The molecule has 6 nitrogen and oxygen atoms in total. The number of carbonyl (C=O) groups excluding carboxylic acids is 1. The van der Waals surface area contributed by atoms with E-state index < -0.39 is 17.6 Å². The van der Waals surface area contributed by atoms with Gasteiger partial charge in [-0.05, 0) is 78.9 Å². The van der Waals surface area contributed by atoms with E-state index in [9.17, 15) is 19.1 Å². The Morgan fingerprint density at radius 3 is 2.28 bits per heavy atom. The number of hydrogen-bond acceptors (Lipinski definition) is 4. The van der Waals surface area contributed by atoms with Crippen LogP contribution < -0.4 is 16.0 Å². The molecule has 0 bridgehead atoms. The highest BCUT2D eigenvalue weighted by Crippen LogP contribution is 2.49. The van der Waals surface area contributed by atoms with Crippen molar-refractivity contribution in [3.05, 3.63) is 88.7 Å². The molecule has 2 aliphatic rings. The van der Waals surface area contributed by atoms with Crippen molar-refractivity contribution in [2.24, 2.45) is 11.8 Å². The lowest BCUT2D eigenvalue weighted by molar-refractivity contribution is -0.124. The third-order valence-electron chi connectivity index (χ3n) is 7.21. The second-order valence-electron chi connectivity index (χ2n) is 9.50. The molecule has 1 amide bonds. The first-order valence-electron chi connectivity index (χ1n) is 12.1. The highest BCUT2D eigenvalue weighted by Gasteiger charge is 2.51. The van der Waals surface area contributed by atoms with Gasteiger partial charge in [0.2, 0.25) is 5.91 Å². The van der Waals surface area contributed by atoms with E-state index in [4.69, 9.17) is 11.6 Å². The molecule has 0 aromatic heterocycles. The van der Waals surface area contributed by atoms with E-state index in [-0.39, 0.29) is 23.2 Å². The fourth-order valence-corrected chi connectivity index (χ4v) is 5.65. The number of amides is 1. The summed E-state index contributed by atoms with van der Waals surface area (Å²) in [5.74, 6) is -2.10. The van der Waals surface area contributed by atoms with Gasteiger partial charge in [0.05, 0.1) is 22.9 Å². The van der Waals surface area contributed by atoms with Crippen molar-refractivity contribution in [2.45, 2.75) is 37.8 Å². The van der Waals surface area contributed by atoms with Crippen molar-refractivity contribution in [3.63, 3.8) is 0 Å². The zero-order chi connectivity index (χ0) is 25.3. The van der Waals surface area contributed by atoms with Gasteiger partial charge >= 0.3 is 5.97 Å². The molecule has 1 aliphatic carbocycles. The Bertz CT molecular complexity index is 1280. The van der Waals surface area contributed by atoms with Crippen molar-refractivity contribution in [3.8, 4) is 0 Å². The first-order chi connectivity index (χ1) is 17.4. The fraction of sp³-hybridized carbons (Fsp3) is 0.286. The van der Waals surface area contributed by atoms with Crippen LogP contribution in [0.4, 0.5) is 21.5 Å². The third-order valence-corrected chi connectivity index (χ3v) is 7.47. The van der Waals surface area contributed by atoms with Gasteiger partial charge in [-0.15, -0.1) is 0 Å². The number of carboxylic acids is 1. The average Bonchev–Trinajstić information content (AvgIpc) is 3.24. The molecule has 0 radical (unpaired) electrons. The predicted molar refractivity (Wildman–Crippen MR) is 139 cm³/mol. The molecule has 1 heterocycles. The monoisotopic (exact) mass is 507 g/mol. The molecule has 1 aliphatic heterocycles. The summed E-state index contributed by atoms with van der Waals surface area (Å²) in [6, 6.07) is 18.0. The number of aromatic carboxylic acids is 1. The Labute approximate surface area is 213 Å². The number of anilines is 3. The van der Waals surface area contributed by atoms with Gasteiger partial charge in [0.1, 0.15) is 11.5 Å². The molecule has 5 rings (SSSR count). The Hall–Kier alpha value is -3.58. The molecular weight excluding hydrogens is 481 g/mol. The van der Waals surface area contributed by atoms with Crippen LogP contribution in [0.2, 0.25) is 5.02 Å². The van der Waals surface area contributed by atoms with Gasteiger partial charge in [0, 0.05) is 10.7 Å². The minimum absolute atomic E-state index is 0.0619. The number of fused-ring (bicyclic) bond motifs is 1. The van der Waals surface area contributed by atoms with Crippen molar-refractivity contribution in [1.29, 1.82) is 0 Å². The quantitative estimate of drug-likeness (QED) is 0.298. The van der Waals surface area contributed by atoms with E-state index in [0.717, 1.165) is 37.7 Å². The van der Waals surface area contributed by atoms with Gasteiger partial charge in [-0.1, -0.05) is 43.0 Å². The molecule has 1 saturated carbocycles. The lowest BCUT2D eigenvalue weighted by Gasteiger charge is -2.43. The van der Waals surface area contributed by atoms with Crippen LogP contribution in [0.25, 0.3) is 0 Å². The van der Waals surface area contributed by atoms with Crippen LogP contribution in [0.5, 0.6) is 0 Å². The largest absolute Gasteiger partial charge is 0.478 e. The first-order valence-corrected chi connectivity index (χ1v) is 12.5. The van der Waals surface area contributed by atoms with Gasteiger partial charge in [-0.25, -0.2) is 9.18 Å². The topological polar surface area (TPSA) is 90.5 Å². The standard InChI is InChI=1S/C28H27ClFN3O3/c29-20-10-8-19(9-11-20)28(32-23-15-12-21(30)16-24(23)33-28)25(17-4-2-1-3-5-17)26(34)31-22-13-6-18(7-14-22)27(35)36/h6-17,25,32-33H,1-5H2,(H,31,34)(H,35,36). The van der Waals surface area contributed by atoms with Crippen LogP contribution in [0.1, 0.15) is 48.0 Å². The molecule has 3 aromatic rings. The van der Waals surface area contributed by atoms with Gasteiger partial charge in [0.15, 0.2) is 0 Å². The summed E-state index contributed by atoms with van der Waals surface area (Å²) in [6.07, 6.45) is 4.96. The van der Waals surface area contributed by atoms with Crippen LogP contribution in [0, 0.1) is 17.7 Å². The average molecular weight is 508 g/mol. The summed E-state index contributed by atoms with van der Waals surface area (Å²) < 4.78 is 14.2. The Morgan fingerprint density at radius 1 is 0.944 bits per heavy atom. The zero-order valence-corrected chi connectivity index (χ0v) is 20.3. The van der Waals surface area contributed by atoms with E-state index in [1.807, 2.05) is 12.1 Å². The number of hydrogen-bond donors (Lipinski definition) is 4. The molecule has 0 spiro atoms. The summed E-state index contributed by atoms with van der Waals surface area (Å²) in [4.78, 5) is 25.3. The molecule has 0 saturated heterocycles. The fourth-order valence-electron chi connectivity index (χ4n) is 5.53. The number of carboxylic acid groups (broad SMARTS) is 1. The SMILES string of the molecule is O=C(O)c1ccc(NC(=O)C(C2CCCCC2)C2(c3ccc(Cl)cc3)Nc3ccc(F)cc3N2)cc1. The zero-order valence-electron chi connectivity index (χ0n) is 19.6. The summed E-state index contributed by atoms with van der Waals surface area (Å²) in [6.45, 7) is 0. The minimum Gasteiger partial charge on any atom is -0.478 e. The Morgan fingerprint density at radius 2 is 1.61 bits per heavy atom. The van der Waals surface area contributed by atoms with Gasteiger partial charge in [-0.3, -0.25) is 4.79 Å². The summed E-state index contributed by atoms with van der Waals surface area (Å²) in [5.41, 5.74) is 1.74. The van der Waals surface area contributed by atoms with Crippen molar-refractivity contribution < 1.29 is 19.1 Å². The maximum absolute atomic E-state index is 14.2. The highest BCUT2D eigenvalue weighted by atomic mass is 35.5. The molecular formula is C28H27ClFN3O3. The number of halogens is 2. The maximum atomic E-state index is 14.2. The van der Waals surface area contributed by atoms with E-state index >= 15 is 0 Å². The number of carbonyl (C=O) groups is 2. The number of benzene rings is 3. The van der Waals surface area contributed by atoms with E-state index in [2.05, 4.69) is 16.0 Å². The molecule has 2 atom stereocenters. The van der Waals surface area contributed by atoms with E-state index in [1.165, 1.54) is 24.3 Å². The van der Waals surface area contributed by atoms with E-state index in [0.29, 0.717) is 22.1 Å². The Balaban J connectivity index is 1.57. The third kappa shape index (κ3) is 4.63. The van der Waals surface area contributed by atoms with Crippen LogP contribution in [0.15, 0.2) is 66.7 Å². The predicted octanol–water partition coefficient (Wildman–Crippen LogP) is 6.70. The second-order valence-corrected chi connectivity index (χ2v) is 9.94. The molecule has 1 fully saturated rings. The maximum Gasteiger partial charge on any atom is 0.335 e. The molecule has 36 heavy (non-hydrogen) atoms. The van der Waals surface area contributed by atoms with Gasteiger partial charge < -0.3 is 21.1 Å². The van der Waals surface area contributed by atoms with Crippen molar-refractivity contribution in [2.75, 3.05) is 16.0 Å². The van der Waals surface area contributed by atoms with Crippen LogP contribution in [-0.4, -0.2) is 17.0 Å². The summed E-state index contributed by atoms with van der Waals surface area (Å²) >= 11 is 6.20. The van der Waals surface area contributed by atoms with Crippen LogP contribution >= 0.6 is 11.6 Å². The van der Waals surface area contributed by atoms with Crippen molar-refractivity contribution in [1.82, 2.24) is 0 Å². The van der Waals surface area contributed by atoms with Crippen molar-refractivity contribution >= 4 is 40.5 Å². The van der Waals surface area contributed by atoms with Crippen LogP contribution in [-0.2, 0) is 10.5 Å². The molecule has 8 heteroatoms. The number of rotatable bonds is 6. The molecule has 3 aromatic carbocycles. The van der Waals surface area contributed by atoms with Gasteiger partial charge in [0.25, 0.3) is 0 Å². The minimum atomic E-state index is -1.03. The highest BCUT2D eigenvalue weighted by molar-refractivity contribution is 6.30. The van der Waals surface area contributed by atoms with Gasteiger partial charge in [-0.2, -0.15) is 0 Å². The smallest absolute Gasteiger partial charge is 0.335 e. The molecule has 4 N–H and O–H groups in total. The second kappa shape index (κ2) is 9.82. The molecule has 2 unspecified atom stereocenters. The first kappa shape index (κ1) is 24.1. The van der Waals surface area contributed by atoms with E-state index in [1.54, 1.807) is 30.3 Å². The summed E-state index contributed by atoms with van der Waals surface area (Å²) in [7, 11) is 0. The summed E-state index contributed by atoms with van der Waals surface area (Å²) in [5, 5.41) is 19.8. The number of nitrogens with one attached hydrogen (secondary N) is 3. The Kier molecular flexibility index (Phi) is 6.58.